The van der Waals surface area contributed by atoms with Gasteiger partial charge < -0.3 is 10.1 Å². The molecule has 5 nitrogen and oxygen atoms in total. The van der Waals surface area contributed by atoms with Crippen molar-refractivity contribution >= 4 is 10.8 Å². The summed E-state index contributed by atoms with van der Waals surface area (Å²) in [5.74, 6) is 0.666. The van der Waals surface area contributed by atoms with Gasteiger partial charge in [-0.3, -0.25) is 9.36 Å². The van der Waals surface area contributed by atoms with Crippen molar-refractivity contribution in [2.75, 3.05) is 13.7 Å². The van der Waals surface area contributed by atoms with Crippen molar-refractivity contribution in [1.29, 1.82) is 5.26 Å². The molecule has 0 saturated heterocycles. The van der Waals surface area contributed by atoms with Crippen molar-refractivity contribution in [2.24, 2.45) is 0 Å². The fraction of sp³-hybridized carbons (Fsp3) is 0.360. The van der Waals surface area contributed by atoms with Crippen LogP contribution in [0.15, 0.2) is 53.3 Å². The number of hydrogen-bond acceptors (Lipinski definition) is 4. The second-order valence-electron chi connectivity index (χ2n) is 7.86. The van der Waals surface area contributed by atoms with Crippen molar-refractivity contribution in [3.05, 3.63) is 64.6 Å². The summed E-state index contributed by atoms with van der Waals surface area (Å²) in [4.78, 5) is 13.3. The molecule has 0 atom stereocenters. The van der Waals surface area contributed by atoms with Crippen LogP contribution >= 0.6 is 0 Å². The molecule has 154 valence electrons. The Bertz CT molecular complexity index is 1120. The fourth-order valence-electron chi connectivity index (χ4n) is 4.47. The highest BCUT2D eigenvalue weighted by Gasteiger charge is 2.19. The Kier molecular flexibility index (Phi) is 6.15. The molecule has 5 heteroatoms. The van der Waals surface area contributed by atoms with Crippen LogP contribution in [0.3, 0.4) is 0 Å². The van der Waals surface area contributed by atoms with Crippen LogP contribution in [0, 0.1) is 11.3 Å². The lowest BCUT2D eigenvalue weighted by molar-refractivity contribution is 0.367. The van der Waals surface area contributed by atoms with Crippen LogP contribution in [-0.4, -0.2) is 24.3 Å². The van der Waals surface area contributed by atoms with Crippen molar-refractivity contribution in [3.63, 3.8) is 0 Å². The first-order chi connectivity index (χ1) is 14.7. The molecule has 30 heavy (non-hydrogen) atoms. The van der Waals surface area contributed by atoms with Crippen LogP contribution in [0.4, 0.5) is 0 Å². The van der Waals surface area contributed by atoms with Gasteiger partial charge in [-0.2, -0.15) is 5.26 Å². The number of fused-ring (bicyclic) bond motifs is 1. The molecule has 0 bridgehead atoms. The summed E-state index contributed by atoms with van der Waals surface area (Å²) < 4.78 is 7.02. The first kappa shape index (κ1) is 20.2. The van der Waals surface area contributed by atoms with E-state index in [2.05, 4.69) is 11.4 Å². The molecule has 0 spiro atoms. The predicted octanol–water partition coefficient (Wildman–Crippen LogP) is 4.47. The molecule has 0 aliphatic heterocycles. The van der Waals surface area contributed by atoms with E-state index in [1.54, 1.807) is 23.8 Å². The molecule has 1 aromatic heterocycles. The Morgan fingerprint density at radius 1 is 1.10 bits per heavy atom. The van der Waals surface area contributed by atoms with Crippen molar-refractivity contribution < 1.29 is 4.74 Å². The van der Waals surface area contributed by atoms with Gasteiger partial charge in [0.15, 0.2) is 0 Å². The average Bonchev–Trinajstić information content (AvgIpc) is 2.81. The van der Waals surface area contributed by atoms with E-state index in [1.165, 1.54) is 32.1 Å². The minimum absolute atomic E-state index is 0.130. The minimum Gasteiger partial charge on any atom is -0.497 e. The molecule has 1 aliphatic rings. The van der Waals surface area contributed by atoms with Gasteiger partial charge in [-0.05, 0) is 36.6 Å². The van der Waals surface area contributed by atoms with Gasteiger partial charge >= 0.3 is 0 Å². The number of aromatic nitrogens is 1. The molecule has 0 amide bonds. The summed E-state index contributed by atoms with van der Waals surface area (Å²) in [5, 5.41) is 15.0. The number of pyridine rings is 1. The number of nitriles is 1. The Morgan fingerprint density at radius 2 is 1.87 bits per heavy atom. The number of nitrogens with zero attached hydrogens (tertiary/aromatic N) is 2. The number of nitrogens with one attached hydrogen (secondary N) is 1. The molecule has 4 rings (SSSR count). The third-order valence-corrected chi connectivity index (χ3v) is 6.02. The first-order valence-corrected chi connectivity index (χ1v) is 10.7. The predicted molar refractivity (Wildman–Crippen MR) is 120 cm³/mol. The van der Waals surface area contributed by atoms with E-state index in [0.717, 1.165) is 16.5 Å². The highest BCUT2D eigenvalue weighted by molar-refractivity contribution is 5.99. The molecule has 1 fully saturated rings. The molecular formula is C25H27N3O2. The van der Waals surface area contributed by atoms with E-state index >= 15 is 0 Å². The molecule has 1 aliphatic carbocycles. The second-order valence-corrected chi connectivity index (χ2v) is 7.86. The summed E-state index contributed by atoms with van der Waals surface area (Å²) in [6.45, 7) is 1.15. The van der Waals surface area contributed by atoms with Crippen LogP contribution in [0.1, 0.15) is 37.8 Å². The van der Waals surface area contributed by atoms with Gasteiger partial charge in [0, 0.05) is 35.5 Å². The maximum atomic E-state index is 13.3. The Morgan fingerprint density at radius 3 is 2.57 bits per heavy atom. The van der Waals surface area contributed by atoms with E-state index in [0.29, 0.717) is 36.0 Å². The molecule has 1 saturated carbocycles. The number of methoxy groups -OCH3 is 1. The fourth-order valence-corrected chi connectivity index (χ4v) is 4.47. The summed E-state index contributed by atoms with van der Waals surface area (Å²) in [7, 11) is 1.60. The third-order valence-electron chi connectivity index (χ3n) is 6.02. The van der Waals surface area contributed by atoms with Gasteiger partial charge in [0.05, 0.1) is 7.11 Å². The smallest absolute Gasteiger partial charge is 0.259 e. The molecule has 1 heterocycles. The summed E-state index contributed by atoms with van der Waals surface area (Å²) in [6, 6.07) is 18.1. The topological polar surface area (TPSA) is 67.0 Å². The summed E-state index contributed by atoms with van der Waals surface area (Å²) in [6.07, 6.45) is 6.21. The van der Waals surface area contributed by atoms with Gasteiger partial charge in [-0.15, -0.1) is 0 Å². The lowest BCUT2D eigenvalue weighted by atomic mass is 9.95. The van der Waals surface area contributed by atoms with E-state index in [1.807, 2.05) is 36.4 Å². The van der Waals surface area contributed by atoms with Gasteiger partial charge in [-0.25, -0.2) is 0 Å². The van der Waals surface area contributed by atoms with Gasteiger partial charge in [0.2, 0.25) is 0 Å². The molecule has 1 N–H and O–H groups in total. The maximum absolute atomic E-state index is 13.3. The normalized spacial score (nSPS) is 14.5. The van der Waals surface area contributed by atoms with Crippen LogP contribution in [0.2, 0.25) is 0 Å². The maximum Gasteiger partial charge on any atom is 0.259 e. The lowest BCUT2D eigenvalue weighted by Gasteiger charge is -2.23. The number of rotatable bonds is 6. The van der Waals surface area contributed by atoms with Crippen molar-refractivity contribution in [1.82, 2.24) is 9.88 Å². The Labute approximate surface area is 176 Å². The van der Waals surface area contributed by atoms with Crippen molar-refractivity contribution in [2.45, 2.75) is 44.7 Å². The third kappa shape index (κ3) is 3.96. The van der Waals surface area contributed by atoms with Gasteiger partial charge in [0.25, 0.3) is 5.56 Å². The zero-order chi connectivity index (χ0) is 20.9. The molecule has 3 aromatic rings. The molecule has 2 aromatic carbocycles. The molecular weight excluding hydrogens is 374 g/mol. The summed E-state index contributed by atoms with van der Waals surface area (Å²) >= 11 is 0. The number of hydrogen-bond donors (Lipinski definition) is 1. The second kappa shape index (κ2) is 9.15. The molecule has 0 radical (unpaired) electrons. The van der Waals surface area contributed by atoms with Crippen LogP contribution in [0.5, 0.6) is 5.75 Å². The number of ether oxygens (including phenoxy) is 1. The van der Waals surface area contributed by atoms with E-state index in [4.69, 9.17) is 4.74 Å². The monoisotopic (exact) mass is 401 g/mol. The minimum atomic E-state index is -0.130. The quantitative estimate of drug-likeness (QED) is 0.662. The first-order valence-electron chi connectivity index (χ1n) is 10.7. The van der Waals surface area contributed by atoms with Crippen LogP contribution < -0.4 is 15.6 Å². The van der Waals surface area contributed by atoms with Crippen LogP contribution in [0.25, 0.3) is 21.9 Å². The number of benzene rings is 2. The molecule has 0 unspecified atom stereocenters. The largest absolute Gasteiger partial charge is 0.497 e. The van der Waals surface area contributed by atoms with E-state index in [9.17, 15) is 10.1 Å². The van der Waals surface area contributed by atoms with Gasteiger partial charge in [-0.1, -0.05) is 49.6 Å². The Balaban J connectivity index is 1.81. The standard InChI is InChI=1S/C25H27N3O2/c1-30-20-12-13-21-22(16-20)24(18-8-4-2-5-9-18)23(17-26)28(25(21)29)15-14-27-19-10-6-3-7-11-19/h2,4-5,8-9,12-13,16,19,27H,3,6-7,10-11,14-15H2,1H3. The van der Waals surface area contributed by atoms with E-state index in [-0.39, 0.29) is 5.56 Å². The van der Waals surface area contributed by atoms with E-state index < -0.39 is 0 Å². The van der Waals surface area contributed by atoms with Crippen LogP contribution in [-0.2, 0) is 6.54 Å². The zero-order valence-corrected chi connectivity index (χ0v) is 17.4. The highest BCUT2D eigenvalue weighted by atomic mass is 16.5. The van der Waals surface area contributed by atoms with Crippen molar-refractivity contribution in [3.8, 4) is 22.9 Å². The summed E-state index contributed by atoms with van der Waals surface area (Å²) in [5.41, 5.74) is 1.97. The Hall–Kier alpha value is -3.10. The van der Waals surface area contributed by atoms with Gasteiger partial charge in [0.1, 0.15) is 17.5 Å². The SMILES string of the molecule is COc1ccc2c(=O)n(CCNC3CCCCC3)c(C#N)c(-c3ccccc3)c2c1. The highest BCUT2D eigenvalue weighted by Crippen LogP contribution is 2.32. The lowest BCUT2D eigenvalue weighted by Crippen LogP contribution is -2.36. The zero-order valence-electron chi connectivity index (χ0n) is 17.4. The average molecular weight is 402 g/mol.